The Labute approximate surface area is 123 Å². The zero-order valence-electron chi connectivity index (χ0n) is 11.2. The minimum atomic E-state index is 0.588. The van der Waals surface area contributed by atoms with Crippen molar-refractivity contribution in [3.8, 4) is 5.75 Å². The van der Waals surface area contributed by atoms with Gasteiger partial charge in [-0.25, -0.2) is 0 Å². The van der Waals surface area contributed by atoms with E-state index in [1.165, 1.54) is 16.7 Å². The van der Waals surface area contributed by atoms with Crippen LogP contribution >= 0.6 is 15.9 Å². The highest BCUT2D eigenvalue weighted by molar-refractivity contribution is 9.10. The summed E-state index contributed by atoms with van der Waals surface area (Å²) >= 11 is 3.44. The fourth-order valence-electron chi connectivity index (χ4n) is 1.73. The van der Waals surface area contributed by atoms with E-state index in [1.54, 1.807) is 0 Å². The third-order valence-corrected chi connectivity index (χ3v) is 3.49. The van der Waals surface area contributed by atoms with E-state index < -0.39 is 0 Å². The second kappa shape index (κ2) is 6.58. The number of benzene rings is 2. The van der Waals surface area contributed by atoms with Gasteiger partial charge in [-0.3, -0.25) is 0 Å². The molecule has 0 aliphatic carbocycles. The van der Waals surface area contributed by atoms with Crippen LogP contribution in [0.1, 0.15) is 18.1 Å². The standard InChI is InChI=1S/C17H17BrO/c1-13-3-9-17(10-4-13)19-12-11-14(2)15-5-7-16(18)8-6-15/h3-11H,12H2,1-2H3/b14-11-. The number of ether oxygens (including phenoxy) is 1. The smallest absolute Gasteiger partial charge is 0.119 e. The molecule has 2 aromatic rings. The van der Waals surface area contributed by atoms with Crippen LogP contribution in [0.5, 0.6) is 5.75 Å². The number of allylic oxidation sites excluding steroid dienone is 1. The zero-order chi connectivity index (χ0) is 13.7. The number of halogens is 1. The highest BCUT2D eigenvalue weighted by atomic mass is 79.9. The average molecular weight is 317 g/mol. The Morgan fingerprint density at radius 1 is 1.05 bits per heavy atom. The highest BCUT2D eigenvalue weighted by Crippen LogP contribution is 2.18. The number of hydrogen-bond donors (Lipinski definition) is 0. The second-order valence-electron chi connectivity index (χ2n) is 4.52. The van der Waals surface area contributed by atoms with Gasteiger partial charge < -0.3 is 4.74 Å². The molecular formula is C17H17BrO. The molecule has 0 spiro atoms. The molecule has 0 unspecified atom stereocenters. The molecular weight excluding hydrogens is 300 g/mol. The van der Waals surface area contributed by atoms with Crippen LogP contribution < -0.4 is 4.74 Å². The van der Waals surface area contributed by atoms with Gasteiger partial charge in [0, 0.05) is 4.47 Å². The van der Waals surface area contributed by atoms with E-state index in [1.807, 2.05) is 24.3 Å². The lowest BCUT2D eigenvalue weighted by Gasteiger charge is -2.05. The maximum atomic E-state index is 5.69. The topological polar surface area (TPSA) is 9.23 Å². The van der Waals surface area contributed by atoms with Crippen molar-refractivity contribution in [3.63, 3.8) is 0 Å². The first kappa shape index (κ1) is 13.9. The quantitative estimate of drug-likeness (QED) is 0.749. The van der Waals surface area contributed by atoms with Crippen LogP contribution in [0, 0.1) is 6.92 Å². The summed E-state index contributed by atoms with van der Waals surface area (Å²) in [6.07, 6.45) is 2.10. The molecule has 0 atom stereocenters. The molecule has 0 aliphatic heterocycles. The molecule has 0 fully saturated rings. The summed E-state index contributed by atoms with van der Waals surface area (Å²) in [6.45, 7) is 4.76. The van der Waals surface area contributed by atoms with Crippen LogP contribution in [-0.2, 0) is 0 Å². The predicted octanol–water partition coefficient (Wildman–Crippen LogP) is 5.24. The molecule has 98 valence electrons. The van der Waals surface area contributed by atoms with Crippen LogP contribution in [0.25, 0.3) is 5.57 Å². The molecule has 0 saturated carbocycles. The van der Waals surface area contributed by atoms with Gasteiger partial charge in [-0.2, -0.15) is 0 Å². The normalized spacial score (nSPS) is 11.4. The van der Waals surface area contributed by atoms with Gasteiger partial charge in [0.05, 0.1) is 0 Å². The van der Waals surface area contributed by atoms with Gasteiger partial charge in [-0.15, -0.1) is 0 Å². The minimum absolute atomic E-state index is 0.588. The summed E-state index contributed by atoms with van der Waals surface area (Å²) in [5.41, 5.74) is 3.68. The third-order valence-electron chi connectivity index (χ3n) is 2.96. The fourth-order valence-corrected chi connectivity index (χ4v) is 1.99. The first-order chi connectivity index (χ1) is 9.15. The van der Waals surface area contributed by atoms with Crippen molar-refractivity contribution in [2.24, 2.45) is 0 Å². The van der Waals surface area contributed by atoms with Crippen molar-refractivity contribution in [1.29, 1.82) is 0 Å². The van der Waals surface area contributed by atoms with Gasteiger partial charge in [0.15, 0.2) is 0 Å². The van der Waals surface area contributed by atoms with Gasteiger partial charge >= 0.3 is 0 Å². The Bertz CT molecular complexity index is 553. The summed E-state index contributed by atoms with van der Waals surface area (Å²) in [5.74, 6) is 0.908. The predicted molar refractivity (Wildman–Crippen MR) is 84.5 cm³/mol. The molecule has 0 bridgehead atoms. The van der Waals surface area contributed by atoms with Crippen LogP contribution in [0.3, 0.4) is 0 Å². The maximum absolute atomic E-state index is 5.69. The van der Waals surface area contributed by atoms with Gasteiger partial charge in [-0.05, 0) is 55.3 Å². The molecule has 0 N–H and O–H groups in total. The number of aryl methyl sites for hydroxylation is 1. The van der Waals surface area contributed by atoms with Crippen molar-refractivity contribution in [2.75, 3.05) is 6.61 Å². The second-order valence-corrected chi connectivity index (χ2v) is 5.43. The average Bonchev–Trinajstić information content (AvgIpc) is 2.41. The SMILES string of the molecule is C/C(=C/COc1ccc(C)cc1)c1ccc(Br)cc1. The molecule has 0 heterocycles. The van der Waals surface area contributed by atoms with Crippen LogP contribution in [-0.4, -0.2) is 6.61 Å². The molecule has 0 aliphatic rings. The Kier molecular flexibility index (Phi) is 4.80. The van der Waals surface area contributed by atoms with Gasteiger partial charge in [0.2, 0.25) is 0 Å². The Balaban J connectivity index is 1.95. The molecule has 2 heteroatoms. The highest BCUT2D eigenvalue weighted by Gasteiger charge is 1.96. The summed E-state index contributed by atoms with van der Waals surface area (Å²) in [7, 11) is 0. The van der Waals surface area contributed by atoms with E-state index in [-0.39, 0.29) is 0 Å². The van der Waals surface area contributed by atoms with Crippen molar-refractivity contribution in [1.82, 2.24) is 0 Å². The van der Waals surface area contributed by atoms with Gasteiger partial charge in [0.1, 0.15) is 12.4 Å². The van der Waals surface area contributed by atoms with E-state index in [0.29, 0.717) is 6.61 Å². The van der Waals surface area contributed by atoms with Gasteiger partial charge in [0.25, 0.3) is 0 Å². The molecule has 2 rings (SSSR count). The molecule has 0 saturated heterocycles. The first-order valence-electron chi connectivity index (χ1n) is 6.27. The fraction of sp³-hybridized carbons (Fsp3) is 0.176. The molecule has 0 radical (unpaired) electrons. The molecule has 1 nitrogen and oxygen atoms in total. The monoisotopic (exact) mass is 316 g/mol. The van der Waals surface area contributed by atoms with E-state index in [4.69, 9.17) is 4.74 Å². The summed E-state index contributed by atoms with van der Waals surface area (Å²) in [5, 5.41) is 0. The summed E-state index contributed by atoms with van der Waals surface area (Å²) < 4.78 is 6.79. The maximum Gasteiger partial charge on any atom is 0.119 e. The Hall–Kier alpha value is -1.54. The van der Waals surface area contributed by atoms with Crippen LogP contribution in [0.2, 0.25) is 0 Å². The molecule has 19 heavy (non-hydrogen) atoms. The van der Waals surface area contributed by atoms with E-state index in [9.17, 15) is 0 Å². The molecule has 2 aromatic carbocycles. The number of hydrogen-bond acceptors (Lipinski definition) is 1. The summed E-state index contributed by atoms with van der Waals surface area (Å²) in [6, 6.07) is 16.4. The minimum Gasteiger partial charge on any atom is -0.490 e. The van der Waals surface area contributed by atoms with E-state index in [2.05, 4.69) is 60.1 Å². The van der Waals surface area contributed by atoms with Crippen molar-refractivity contribution >= 4 is 21.5 Å². The lowest BCUT2D eigenvalue weighted by Crippen LogP contribution is -1.94. The van der Waals surface area contributed by atoms with Crippen LogP contribution in [0.4, 0.5) is 0 Å². The van der Waals surface area contributed by atoms with Crippen LogP contribution in [0.15, 0.2) is 59.1 Å². The Morgan fingerprint density at radius 3 is 2.32 bits per heavy atom. The Morgan fingerprint density at radius 2 is 1.68 bits per heavy atom. The number of rotatable bonds is 4. The molecule has 0 amide bonds. The first-order valence-corrected chi connectivity index (χ1v) is 7.06. The largest absolute Gasteiger partial charge is 0.490 e. The molecule has 0 aromatic heterocycles. The van der Waals surface area contributed by atoms with Crippen molar-refractivity contribution < 1.29 is 4.74 Å². The van der Waals surface area contributed by atoms with Gasteiger partial charge in [-0.1, -0.05) is 45.8 Å². The van der Waals surface area contributed by atoms with Crippen molar-refractivity contribution in [3.05, 3.63) is 70.2 Å². The lowest BCUT2D eigenvalue weighted by atomic mass is 10.1. The zero-order valence-corrected chi connectivity index (χ0v) is 12.8. The van der Waals surface area contributed by atoms with Crippen molar-refractivity contribution in [2.45, 2.75) is 13.8 Å². The summed E-state index contributed by atoms with van der Waals surface area (Å²) in [4.78, 5) is 0. The van der Waals surface area contributed by atoms with E-state index >= 15 is 0 Å². The third kappa shape index (κ3) is 4.25. The lowest BCUT2D eigenvalue weighted by molar-refractivity contribution is 0.363. The van der Waals surface area contributed by atoms with E-state index in [0.717, 1.165) is 10.2 Å².